The van der Waals surface area contributed by atoms with E-state index in [2.05, 4.69) is 15.4 Å². The lowest BCUT2D eigenvalue weighted by Gasteiger charge is -2.28. The molecule has 0 radical (unpaired) electrons. The maximum Gasteiger partial charge on any atom is 0.424 e. The molecular weight excluding hydrogens is 345 g/mol. The van der Waals surface area contributed by atoms with Crippen LogP contribution in [0.15, 0.2) is 23.8 Å². The predicted molar refractivity (Wildman–Crippen MR) is 81.3 cm³/mol. The molecule has 10 heteroatoms. The minimum atomic E-state index is -5.01. The number of nitrogens with one attached hydrogen (secondary N) is 1. The van der Waals surface area contributed by atoms with Crippen LogP contribution >= 0.6 is 11.3 Å². The summed E-state index contributed by atoms with van der Waals surface area (Å²) >= 11 is 0.673. The summed E-state index contributed by atoms with van der Waals surface area (Å²) in [5, 5.41) is 17.4. The van der Waals surface area contributed by atoms with Crippen molar-refractivity contribution in [2.75, 3.05) is 0 Å². The monoisotopic (exact) mass is 362 g/mol. The van der Waals surface area contributed by atoms with E-state index in [1.807, 2.05) is 0 Å². The van der Waals surface area contributed by atoms with E-state index in [9.17, 15) is 23.1 Å². The molecule has 0 aliphatic heterocycles. The van der Waals surface area contributed by atoms with Gasteiger partial charge in [-0.3, -0.25) is 9.48 Å². The molecule has 0 saturated heterocycles. The summed E-state index contributed by atoms with van der Waals surface area (Å²) in [4.78, 5) is 15.7. The number of carbonyl (C=O) groups is 1. The van der Waals surface area contributed by atoms with Crippen molar-refractivity contribution in [2.45, 2.75) is 44.6 Å². The molecule has 24 heavy (non-hydrogen) atoms. The van der Waals surface area contributed by atoms with E-state index >= 15 is 0 Å². The molecule has 0 bridgehead atoms. The lowest BCUT2D eigenvalue weighted by Crippen LogP contribution is -2.47. The van der Waals surface area contributed by atoms with Gasteiger partial charge in [0.15, 0.2) is 0 Å². The number of aliphatic hydroxyl groups is 1. The van der Waals surface area contributed by atoms with E-state index in [-0.39, 0.29) is 0 Å². The lowest BCUT2D eigenvalue weighted by atomic mass is 9.99. The van der Waals surface area contributed by atoms with E-state index in [1.165, 1.54) is 12.3 Å². The van der Waals surface area contributed by atoms with Gasteiger partial charge in [-0.15, -0.1) is 11.3 Å². The van der Waals surface area contributed by atoms with Gasteiger partial charge < -0.3 is 10.4 Å². The molecule has 6 nitrogen and oxygen atoms in total. The molecular formula is C14H17F3N4O2S. The van der Waals surface area contributed by atoms with Gasteiger partial charge in [-0.05, 0) is 19.9 Å². The van der Waals surface area contributed by atoms with Gasteiger partial charge in [0.1, 0.15) is 5.01 Å². The van der Waals surface area contributed by atoms with E-state index in [1.54, 1.807) is 30.1 Å². The van der Waals surface area contributed by atoms with Crippen LogP contribution in [-0.2, 0) is 16.9 Å². The van der Waals surface area contributed by atoms with Crippen LogP contribution in [0.1, 0.15) is 24.0 Å². The van der Waals surface area contributed by atoms with Crippen LogP contribution in [0, 0.1) is 6.92 Å². The Morgan fingerprint density at radius 2 is 2.21 bits per heavy atom. The minimum absolute atomic E-state index is 0.305. The standard InChI is InChI=1S/C14H17F3N4O2S/c1-9(7-21-5-3-4-18-21)19-11(22)6-13(23,14(15,16)17)12-20-10(2)8-24-12/h3-5,8-9,23H,6-7H2,1-2H3,(H,19,22)/t9-,13+/m1/s1. The molecule has 0 fully saturated rings. The highest BCUT2D eigenvalue weighted by Crippen LogP contribution is 2.42. The first-order chi connectivity index (χ1) is 11.1. The SMILES string of the molecule is Cc1csc([C@@](O)(CC(=O)N[C@H](C)Cn2cccn2)C(F)(F)F)n1. The summed E-state index contributed by atoms with van der Waals surface area (Å²) in [6, 6.07) is 1.25. The second-order valence-corrected chi connectivity index (χ2v) is 6.38. The van der Waals surface area contributed by atoms with Gasteiger partial charge in [0.2, 0.25) is 11.5 Å². The first kappa shape index (κ1) is 18.4. The fourth-order valence-corrected chi connectivity index (χ4v) is 3.05. The van der Waals surface area contributed by atoms with Gasteiger partial charge in [0.05, 0.1) is 13.0 Å². The molecule has 132 valence electrons. The van der Waals surface area contributed by atoms with Crippen LogP contribution in [0.4, 0.5) is 13.2 Å². The number of aryl methyl sites for hydroxylation is 1. The van der Waals surface area contributed by atoms with Gasteiger partial charge >= 0.3 is 6.18 Å². The number of rotatable bonds is 6. The van der Waals surface area contributed by atoms with Crippen LogP contribution in [0.2, 0.25) is 0 Å². The van der Waals surface area contributed by atoms with Crippen molar-refractivity contribution in [1.29, 1.82) is 0 Å². The van der Waals surface area contributed by atoms with Gasteiger partial charge in [0, 0.05) is 29.5 Å². The summed E-state index contributed by atoms with van der Waals surface area (Å²) in [7, 11) is 0. The van der Waals surface area contributed by atoms with Crippen LogP contribution < -0.4 is 5.32 Å². The van der Waals surface area contributed by atoms with Crippen molar-refractivity contribution in [1.82, 2.24) is 20.1 Å². The highest BCUT2D eigenvalue weighted by atomic mass is 32.1. The number of hydrogen-bond acceptors (Lipinski definition) is 5. The largest absolute Gasteiger partial charge is 0.424 e. The maximum absolute atomic E-state index is 13.3. The number of hydrogen-bond donors (Lipinski definition) is 2. The third kappa shape index (κ3) is 4.12. The molecule has 0 unspecified atom stereocenters. The zero-order valence-corrected chi connectivity index (χ0v) is 13.9. The van der Waals surface area contributed by atoms with Crippen molar-refractivity contribution in [3.05, 3.63) is 34.5 Å². The van der Waals surface area contributed by atoms with Crippen molar-refractivity contribution >= 4 is 17.2 Å². The summed E-state index contributed by atoms with van der Waals surface area (Å²) in [5.74, 6) is -0.915. The van der Waals surface area contributed by atoms with Gasteiger partial charge in [-0.25, -0.2) is 4.98 Å². The predicted octanol–water partition coefficient (Wildman–Crippen LogP) is 1.99. The summed E-state index contributed by atoms with van der Waals surface area (Å²) in [6.45, 7) is 3.46. The highest BCUT2D eigenvalue weighted by Gasteiger charge is 2.58. The summed E-state index contributed by atoms with van der Waals surface area (Å²) < 4.78 is 41.5. The Labute approximate surface area is 140 Å². The Hall–Kier alpha value is -1.94. The lowest BCUT2D eigenvalue weighted by molar-refractivity contribution is -0.267. The van der Waals surface area contributed by atoms with Crippen molar-refractivity contribution in [2.24, 2.45) is 0 Å². The Balaban J connectivity index is 2.08. The van der Waals surface area contributed by atoms with E-state index in [4.69, 9.17) is 0 Å². The normalized spacial score (nSPS) is 15.8. The maximum atomic E-state index is 13.3. The van der Waals surface area contributed by atoms with E-state index < -0.39 is 35.2 Å². The van der Waals surface area contributed by atoms with Gasteiger partial charge in [-0.2, -0.15) is 18.3 Å². The number of alkyl halides is 3. The molecule has 0 aliphatic rings. The zero-order chi connectivity index (χ0) is 18.0. The second-order valence-electron chi connectivity index (χ2n) is 5.53. The average molecular weight is 362 g/mol. The average Bonchev–Trinajstić information content (AvgIpc) is 3.08. The number of thiazole rings is 1. The highest BCUT2D eigenvalue weighted by molar-refractivity contribution is 7.09. The first-order valence-corrected chi connectivity index (χ1v) is 7.98. The number of aromatic nitrogens is 3. The van der Waals surface area contributed by atoms with Gasteiger partial charge in [-0.1, -0.05) is 0 Å². The molecule has 2 rings (SSSR count). The Bertz CT molecular complexity index is 687. The summed E-state index contributed by atoms with van der Waals surface area (Å²) in [5.41, 5.74) is -2.95. The molecule has 0 aromatic carbocycles. The van der Waals surface area contributed by atoms with E-state index in [0.29, 0.717) is 23.6 Å². The number of amides is 1. The molecule has 2 aromatic rings. The smallest absolute Gasteiger partial charge is 0.374 e. The molecule has 0 aliphatic carbocycles. The van der Waals surface area contributed by atoms with Crippen molar-refractivity contribution in [3.8, 4) is 0 Å². The molecule has 2 N–H and O–H groups in total. The van der Waals surface area contributed by atoms with Crippen LogP contribution in [0.3, 0.4) is 0 Å². The molecule has 2 heterocycles. The molecule has 0 saturated carbocycles. The zero-order valence-electron chi connectivity index (χ0n) is 13.0. The minimum Gasteiger partial charge on any atom is -0.374 e. The molecule has 2 atom stereocenters. The molecule has 2 aromatic heterocycles. The number of nitrogens with zero attached hydrogens (tertiary/aromatic N) is 3. The quantitative estimate of drug-likeness (QED) is 0.824. The number of halogens is 3. The van der Waals surface area contributed by atoms with Crippen molar-refractivity contribution < 1.29 is 23.1 Å². The first-order valence-electron chi connectivity index (χ1n) is 7.10. The van der Waals surface area contributed by atoms with E-state index in [0.717, 1.165) is 0 Å². The summed E-state index contributed by atoms with van der Waals surface area (Å²) in [6.07, 6.45) is -2.93. The second kappa shape index (κ2) is 6.89. The third-order valence-electron chi connectivity index (χ3n) is 3.29. The third-order valence-corrected chi connectivity index (χ3v) is 4.40. The topological polar surface area (TPSA) is 80.0 Å². The van der Waals surface area contributed by atoms with Crippen LogP contribution in [-0.4, -0.2) is 38.0 Å². The fourth-order valence-electron chi connectivity index (χ4n) is 2.13. The fraction of sp³-hybridized carbons (Fsp3) is 0.500. The van der Waals surface area contributed by atoms with Crippen molar-refractivity contribution in [3.63, 3.8) is 0 Å². The molecule has 1 amide bonds. The van der Waals surface area contributed by atoms with Crippen LogP contribution in [0.5, 0.6) is 0 Å². The Morgan fingerprint density at radius 1 is 1.50 bits per heavy atom. The Morgan fingerprint density at radius 3 is 2.71 bits per heavy atom. The van der Waals surface area contributed by atoms with Crippen LogP contribution in [0.25, 0.3) is 0 Å². The molecule has 0 spiro atoms. The number of carbonyl (C=O) groups excluding carboxylic acids is 1. The van der Waals surface area contributed by atoms with Gasteiger partial charge in [0.25, 0.3) is 0 Å². The Kier molecular flexibility index (Phi) is 5.29.